The number of fused-ring (bicyclic) bond motifs is 3. The summed E-state index contributed by atoms with van der Waals surface area (Å²) in [5.74, 6) is 0. The Hall–Kier alpha value is -7.16. The number of nitrogens with zero attached hydrogens (tertiary/aromatic N) is 1. The summed E-state index contributed by atoms with van der Waals surface area (Å²) in [6, 6.07) is 69.7. The summed E-state index contributed by atoms with van der Waals surface area (Å²) in [5, 5.41) is 2.28. The topological polar surface area (TPSA) is 16.4 Å². The average molecular weight is 718 g/mol. The Labute approximate surface area is 327 Å². The average Bonchev–Trinajstić information content (AvgIpc) is 3.67. The molecule has 56 heavy (non-hydrogen) atoms. The molecule has 1 heterocycles. The molecule has 0 fully saturated rings. The molecule has 0 amide bonds. The van der Waals surface area contributed by atoms with Gasteiger partial charge in [-0.25, -0.2) is 0 Å². The molecule has 0 aliphatic heterocycles. The second kappa shape index (κ2) is 14.6. The van der Waals surface area contributed by atoms with Crippen LogP contribution in [0.3, 0.4) is 0 Å². The van der Waals surface area contributed by atoms with E-state index >= 15 is 0 Å². The third kappa shape index (κ3) is 6.42. The van der Waals surface area contributed by atoms with Crippen LogP contribution >= 0.6 is 0 Å². The Balaban J connectivity index is 0.987. The maximum atomic E-state index is 6.40. The molecular formula is C54H39NO. The van der Waals surface area contributed by atoms with Gasteiger partial charge in [-0.1, -0.05) is 170 Å². The third-order valence-electron chi connectivity index (χ3n) is 11.0. The van der Waals surface area contributed by atoms with Crippen LogP contribution < -0.4 is 4.90 Å². The second-order valence-electron chi connectivity index (χ2n) is 14.4. The SMILES string of the molecule is C1=CC(c2ccc(-c3ccc(N(c4ccc(-c5ccc(-c6ccccc6)cc5)cc4)c4ccc(-c5cccc6c5oc5ccccc56)cc4)cc3)cc2)=CCC1. The molecule has 10 rings (SSSR count). The highest BCUT2D eigenvalue weighted by Crippen LogP contribution is 2.40. The van der Waals surface area contributed by atoms with Gasteiger partial charge in [-0.2, -0.15) is 0 Å². The van der Waals surface area contributed by atoms with Crippen molar-refractivity contribution >= 4 is 44.6 Å². The molecule has 0 atom stereocenters. The Morgan fingerprint density at radius 3 is 1.38 bits per heavy atom. The molecule has 2 nitrogen and oxygen atoms in total. The van der Waals surface area contributed by atoms with Gasteiger partial charge in [-0.15, -0.1) is 0 Å². The van der Waals surface area contributed by atoms with Gasteiger partial charge in [0, 0.05) is 33.4 Å². The highest BCUT2D eigenvalue weighted by atomic mass is 16.3. The van der Waals surface area contributed by atoms with Gasteiger partial charge in [0.2, 0.25) is 0 Å². The molecule has 0 saturated carbocycles. The van der Waals surface area contributed by atoms with Crippen LogP contribution in [0, 0.1) is 0 Å². The Morgan fingerprint density at radius 1 is 0.357 bits per heavy atom. The summed E-state index contributed by atoms with van der Waals surface area (Å²) in [6.07, 6.45) is 9.07. The van der Waals surface area contributed by atoms with Crippen molar-refractivity contribution in [2.45, 2.75) is 12.8 Å². The quantitative estimate of drug-likeness (QED) is 0.156. The van der Waals surface area contributed by atoms with Crippen molar-refractivity contribution in [3.05, 3.63) is 218 Å². The molecule has 1 aromatic heterocycles. The minimum atomic E-state index is 0.909. The molecule has 266 valence electrons. The Kier molecular flexibility index (Phi) is 8.70. The van der Waals surface area contributed by atoms with Crippen LogP contribution in [0.5, 0.6) is 0 Å². The van der Waals surface area contributed by atoms with E-state index in [1.807, 2.05) is 12.1 Å². The van der Waals surface area contributed by atoms with Crippen LogP contribution in [0.25, 0.3) is 72.0 Å². The largest absolute Gasteiger partial charge is 0.455 e. The van der Waals surface area contributed by atoms with E-state index in [4.69, 9.17) is 4.42 Å². The van der Waals surface area contributed by atoms with Crippen molar-refractivity contribution < 1.29 is 4.42 Å². The van der Waals surface area contributed by atoms with Crippen molar-refractivity contribution in [2.24, 2.45) is 0 Å². The van der Waals surface area contributed by atoms with E-state index in [0.29, 0.717) is 0 Å². The minimum Gasteiger partial charge on any atom is -0.455 e. The van der Waals surface area contributed by atoms with Crippen LogP contribution in [0.1, 0.15) is 18.4 Å². The van der Waals surface area contributed by atoms with Crippen LogP contribution in [-0.4, -0.2) is 0 Å². The highest BCUT2D eigenvalue weighted by molar-refractivity contribution is 6.09. The number of hydrogen-bond acceptors (Lipinski definition) is 2. The monoisotopic (exact) mass is 717 g/mol. The smallest absolute Gasteiger partial charge is 0.143 e. The van der Waals surface area contributed by atoms with E-state index in [-0.39, 0.29) is 0 Å². The van der Waals surface area contributed by atoms with Gasteiger partial charge in [-0.3, -0.25) is 0 Å². The van der Waals surface area contributed by atoms with Crippen LogP contribution in [-0.2, 0) is 0 Å². The lowest BCUT2D eigenvalue weighted by molar-refractivity contribution is 0.670. The first-order valence-electron chi connectivity index (χ1n) is 19.4. The molecule has 2 heteroatoms. The van der Waals surface area contributed by atoms with Gasteiger partial charge >= 0.3 is 0 Å². The van der Waals surface area contributed by atoms with E-state index < -0.39 is 0 Å². The van der Waals surface area contributed by atoms with E-state index in [1.165, 1.54) is 44.5 Å². The zero-order valence-electron chi connectivity index (χ0n) is 31.0. The zero-order chi connectivity index (χ0) is 37.3. The van der Waals surface area contributed by atoms with Crippen LogP contribution in [0.4, 0.5) is 17.1 Å². The first-order valence-corrected chi connectivity index (χ1v) is 19.4. The standard InChI is InChI=1S/C54H39NO/c1-3-10-38(11-4-1)40-18-22-42(23-19-40)44-26-32-47(33-27-44)55(48-34-28-45(29-35-48)43-24-20-41(21-25-43)39-12-5-2-6-13-39)49-36-30-46(31-37-49)50-15-9-16-52-51-14-7-8-17-53(51)56-54(50)52/h1,3-5,7-37H,2,6H2. The Bertz CT molecular complexity index is 2840. The molecular weight excluding hydrogens is 679 g/mol. The zero-order valence-corrected chi connectivity index (χ0v) is 31.0. The maximum absolute atomic E-state index is 6.40. The van der Waals surface area contributed by atoms with Crippen molar-refractivity contribution in [1.29, 1.82) is 0 Å². The van der Waals surface area contributed by atoms with Crippen LogP contribution in [0.15, 0.2) is 217 Å². The first kappa shape index (κ1) is 33.4. The third-order valence-corrected chi connectivity index (χ3v) is 11.0. The molecule has 1 aliphatic carbocycles. The summed E-state index contributed by atoms with van der Waals surface area (Å²) >= 11 is 0. The molecule has 0 bridgehead atoms. The van der Waals surface area contributed by atoms with Crippen molar-refractivity contribution in [3.63, 3.8) is 0 Å². The number of para-hydroxylation sites is 2. The Morgan fingerprint density at radius 2 is 0.821 bits per heavy atom. The molecule has 1 aliphatic rings. The number of furan rings is 1. The fourth-order valence-corrected chi connectivity index (χ4v) is 7.99. The van der Waals surface area contributed by atoms with E-state index in [0.717, 1.165) is 63.0 Å². The van der Waals surface area contributed by atoms with E-state index in [2.05, 4.69) is 205 Å². The second-order valence-corrected chi connectivity index (χ2v) is 14.4. The molecule has 0 spiro atoms. The number of benzene rings is 8. The van der Waals surface area contributed by atoms with Gasteiger partial charge in [0.1, 0.15) is 11.2 Å². The normalized spacial score (nSPS) is 12.5. The van der Waals surface area contributed by atoms with E-state index in [9.17, 15) is 0 Å². The van der Waals surface area contributed by atoms with Gasteiger partial charge in [-0.05, 0) is 105 Å². The molecule has 0 N–H and O–H groups in total. The summed E-state index contributed by atoms with van der Waals surface area (Å²) in [6.45, 7) is 0. The fraction of sp³-hybridized carbons (Fsp3) is 0.0370. The maximum Gasteiger partial charge on any atom is 0.143 e. The lowest BCUT2D eigenvalue weighted by Crippen LogP contribution is -2.09. The van der Waals surface area contributed by atoms with Crippen molar-refractivity contribution in [3.8, 4) is 44.5 Å². The number of rotatable bonds is 8. The van der Waals surface area contributed by atoms with Gasteiger partial charge < -0.3 is 9.32 Å². The lowest BCUT2D eigenvalue weighted by Gasteiger charge is -2.26. The number of allylic oxidation sites excluding steroid dienone is 4. The molecule has 9 aromatic rings. The van der Waals surface area contributed by atoms with Crippen molar-refractivity contribution in [1.82, 2.24) is 0 Å². The van der Waals surface area contributed by atoms with Crippen LogP contribution in [0.2, 0.25) is 0 Å². The lowest BCUT2D eigenvalue weighted by atomic mass is 9.97. The first-order chi connectivity index (χ1) is 27.7. The van der Waals surface area contributed by atoms with Gasteiger partial charge in [0.05, 0.1) is 0 Å². The molecule has 0 radical (unpaired) electrons. The summed E-state index contributed by atoms with van der Waals surface area (Å²) < 4.78 is 6.40. The summed E-state index contributed by atoms with van der Waals surface area (Å²) in [5.41, 5.74) is 17.1. The molecule has 8 aromatic carbocycles. The van der Waals surface area contributed by atoms with Gasteiger partial charge in [0.15, 0.2) is 0 Å². The molecule has 0 saturated heterocycles. The molecule has 0 unspecified atom stereocenters. The predicted molar refractivity (Wildman–Crippen MR) is 236 cm³/mol. The van der Waals surface area contributed by atoms with Gasteiger partial charge in [0.25, 0.3) is 0 Å². The van der Waals surface area contributed by atoms with Crippen molar-refractivity contribution in [2.75, 3.05) is 4.90 Å². The predicted octanol–water partition coefficient (Wildman–Crippen LogP) is 15.5. The van der Waals surface area contributed by atoms with E-state index in [1.54, 1.807) is 0 Å². The number of anilines is 3. The summed E-state index contributed by atoms with van der Waals surface area (Å²) in [7, 11) is 0. The number of hydrogen-bond donors (Lipinski definition) is 0. The fourth-order valence-electron chi connectivity index (χ4n) is 7.99. The summed E-state index contributed by atoms with van der Waals surface area (Å²) in [4.78, 5) is 2.34. The minimum absolute atomic E-state index is 0.909. The highest BCUT2D eigenvalue weighted by Gasteiger charge is 2.16.